The number of sulfonamides is 1. The molecule has 0 atom stereocenters. The van der Waals surface area contributed by atoms with Gasteiger partial charge in [-0.05, 0) is 31.0 Å². The molecule has 21 heavy (non-hydrogen) atoms. The number of nitrogens with zero attached hydrogens (tertiary/aromatic N) is 1. The minimum Gasteiger partial charge on any atom is -0.480 e. The van der Waals surface area contributed by atoms with Crippen molar-refractivity contribution in [3.8, 4) is 6.07 Å². The zero-order valence-corrected chi connectivity index (χ0v) is 13.1. The van der Waals surface area contributed by atoms with Crippen LogP contribution in [0, 0.1) is 11.3 Å². The Morgan fingerprint density at radius 1 is 1.43 bits per heavy atom. The van der Waals surface area contributed by atoms with Crippen molar-refractivity contribution in [1.82, 2.24) is 4.72 Å². The molecule has 2 N–H and O–H groups in total. The molecule has 0 aromatic heterocycles. The van der Waals surface area contributed by atoms with Gasteiger partial charge in [0.1, 0.15) is 10.4 Å². The van der Waals surface area contributed by atoms with Crippen LogP contribution >= 0.6 is 11.6 Å². The fourth-order valence-electron chi connectivity index (χ4n) is 1.84. The van der Waals surface area contributed by atoms with Crippen molar-refractivity contribution in [2.45, 2.75) is 37.1 Å². The minimum absolute atomic E-state index is 0.0892. The molecule has 1 aromatic rings. The zero-order chi connectivity index (χ0) is 16.3. The minimum atomic E-state index is -4.11. The lowest BCUT2D eigenvalue weighted by Crippen LogP contribution is -2.53. The summed E-state index contributed by atoms with van der Waals surface area (Å²) in [5.74, 6) is -1.25. The Hall–Kier alpha value is -1.62. The maximum Gasteiger partial charge on any atom is 0.324 e. The van der Waals surface area contributed by atoms with E-state index in [1.165, 1.54) is 18.2 Å². The third kappa shape index (κ3) is 3.53. The number of nitriles is 1. The molecule has 114 valence electrons. The number of carbonyl (C=O) groups is 1. The zero-order valence-electron chi connectivity index (χ0n) is 11.6. The Kier molecular flexibility index (Phi) is 5.34. The van der Waals surface area contributed by atoms with Crippen LogP contribution < -0.4 is 4.72 Å². The highest BCUT2D eigenvalue weighted by molar-refractivity contribution is 7.89. The van der Waals surface area contributed by atoms with Crippen LogP contribution in [-0.2, 0) is 14.8 Å². The second kappa shape index (κ2) is 6.43. The van der Waals surface area contributed by atoms with E-state index in [2.05, 4.69) is 4.72 Å². The van der Waals surface area contributed by atoms with Crippen LogP contribution in [0.25, 0.3) is 0 Å². The highest BCUT2D eigenvalue weighted by atomic mass is 35.5. The van der Waals surface area contributed by atoms with Gasteiger partial charge in [-0.25, -0.2) is 8.42 Å². The van der Waals surface area contributed by atoms with Gasteiger partial charge in [-0.1, -0.05) is 25.4 Å². The van der Waals surface area contributed by atoms with Gasteiger partial charge < -0.3 is 5.11 Å². The highest BCUT2D eigenvalue weighted by Crippen LogP contribution is 2.26. The van der Waals surface area contributed by atoms with E-state index < -0.39 is 21.5 Å². The fourth-order valence-corrected chi connectivity index (χ4v) is 3.89. The summed E-state index contributed by atoms with van der Waals surface area (Å²) in [6.45, 7) is 3.17. The van der Waals surface area contributed by atoms with Gasteiger partial charge in [0.15, 0.2) is 0 Å². The third-order valence-electron chi connectivity index (χ3n) is 3.30. The Morgan fingerprint density at radius 2 is 2.00 bits per heavy atom. The molecule has 0 aliphatic heterocycles. The summed E-state index contributed by atoms with van der Waals surface area (Å²) in [7, 11) is -4.11. The summed E-state index contributed by atoms with van der Waals surface area (Å²) in [6.07, 6.45) is 0.178. The maximum absolute atomic E-state index is 12.3. The lowest BCUT2D eigenvalue weighted by molar-refractivity contribution is -0.144. The molecular weight excluding hydrogens is 316 g/mol. The largest absolute Gasteiger partial charge is 0.480 e. The summed E-state index contributed by atoms with van der Waals surface area (Å²) in [4.78, 5) is 11.1. The molecule has 0 amide bonds. The number of carboxylic acid groups (broad SMARTS) is 1. The predicted molar refractivity (Wildman–Crippen MR) is 77.4 cm³/mol. The van der Waals surface area contributed by atoms with E-state index >= 15 is 0 Å². The predicted octanol–water partition coefficient (Wildman–Crippen LogP) is 2.13. The Labute approximate surface area is 128 Å². The average Bonchev–Trinajstić information content (AvgIpc) is 2.43. The number of hydrogen-bond acceptors (Lipinski definition) is 4. The quantitative estimate of drug-likeness (QED) is 0.830. The summed E-state index contributed by atoms with van der Waals surface area (Å²) in [5.41, 5.74) is -1.37. The van der Waals surface area contributed by atoms with Gasteiger partial charge >= 0.3 is 5.97 Å². The number of carboxylic acids is 1. The van der Waals surface area contributed by atoms with Crippen LogP contribution in [0.2, 0.25) is 5.02 Å². The van der Waals surface area contributed by atoms with Crippen molar-refractivity contribution in [2.24, 2.45) is 0 Å². The van der Waals surface area contributed by atoms with Gasteiger partial charge in [-0.15, -0.1) is 0 Å². The number of halogens is 1. The van der Waals surface area contributed by atoms with Gasteiger partial charge in [0, 0.05) is 0 Å². The monoisotopic (exact) mass is 330 g/mol. The van der Waals surface area contributed by atoms with Gasteiger partial charge in [-0.2, -0.15) is 9.98 Å². The SMILES string of the molecule is CCC(CC)(NS(=O)(=O)c1ccc(C#N)cc1Cl)C(=O)O. The van der Waals surface area contributed by atoms with Crippen LogP contribution in [0.3, 0.4) is 0 Å². The first-order valence-corrected chi connectivity index (χ1v) is 8.05. The fraction of sp³-hybridized carbons (Fsp3) is 0.385. The molecular formula is C13H15ClN2O4S. The van der Waals surface area contributed by atoms with E-state index in [4.69, 9.17) is 16.9 Å². The standard InChI is InChI=1S/C13H15ClN2O4S/c1-3-13(4-2,12(17)18)16-21(19,20)11-6-5-9(8-15)7-10(11)14/h5-7,16H,3-4H2,1-2H3,(H,17,18). The molecule has 0 unspecified atom stereocenters. The molecule has 0 radical (unpaired) electrons. The van der Waals surface area contributed by atoms with E-state index in [9.17, 15) is 18.3 Å². The lowest BCUT2D eigenvalue weighted by Gasteiger charge is -2.27. The molecule has 0 aliphatic rings. The summed E-state index contributed by atoms with van der Waals surface area (Å²) in [6, 6.07) is 5.55. The maximum atomic E-state index is 12.3. The Balaban J connectivity index is 3.30. The van der Waals surface area contributed by atoms with Crippen molar-refractivity contribution < 1.29 is 18.3 Å². The van der Waals surface area contributed by atoms with Gasteiger partial charge in [0.25, 0.3) is 0 Å². The van der Waals surface area contributed by atoms with Crippen molar-refractivity contribution in [3.05, 3.63) is 28.8 Å². The molecule has 0 aliphatic carbocycles. The first kappa shape index (κ1) is 17.4. The molecule has 0 saturated heterocycles. The summed E-state index contributed by atoms with van der Waals surface area (Å²) < 4.78 is 26.9. The molecule has 0 bridgehead atoms. The number of benzene rings is 1. The topological polar surface area (TPSA) is 107 Å². The highest BCUT2D eigenvalue weighted by Gasteiger charge is 2.39. The van der Waals surface area contributed by atoms with E-state index in [1.54, 1.807) is 13.8 Å². The summed E-state index contributed by atoms with van der Waals surface area (Å²) in [5, 5.41) is 17.9. The number of rotatable bonds is 6. The van der Waals surface area contributed by atoms with Crippen molar-refractivity contribution in [2.75, 3.05) is 0 Å². The third-order valence-corrected chi connectivity index (χ3v) is 5.32. The van der Waals surface area contributed by atoms with Gasteiger partial charge in [-0.3, -0.25) is 4.79 Å². The van der Waals surface area contributed by atoms with Crippen molar-refractivity contribution in [1.29, 1.82) is 5.26 Å². The molecule has 8 heteroatoms. The van der Waals surface area contributed by atoms with Crippen LogP contribution in [-0.4, -0.2) is 25.0 Å². The number of aliphatic carboxylic acids is 1. The molecule has 1 aromatic carbocycles. The van der Waals surface area contributed by atoms with Crippen LogP contribution in [0.15, 0.2) is 23.1 Å². The molecule has 0 heterocycles. The summed E-state index contributed by atoms with van der Waals surface area (Å²) >= 11 is 5.87. The Morgan fingerprint density at radius 3 is 2.38 bits per heavy atom. The lowest BCUT2D eigenvalue weighted by atomic mass is 9.95. The smallest absolute Gasteiger partial charge is 0.324 e. The van der Waals surface area contributed by atoms with E-state index in [0.29, 0.717) is 0 Å². The average molecular weight is 331 g/mol. The van der Waals surface area contributed by atoms with Crippen LogP contribution in [0.4, 0.5) is 0 Å². The van der Waals surface area contributed by atoms with E-state index in [-0.39, 0.29) is 28.3 Å². The molecule has 0 saturated carbocycles. The van der Waals surface area contributed by atoms with Crippen LogP contribution in [0.1, 0.15) is 32.3 Å². The second-order valence-corrected chi connectivity index (χ2v) is 6.51. The van der Waals surface area contributed by atoms with Crippen molar-refractivity contribution in [3.63, 3.8) is 0 Å². The second-order valence-electron chi connectivity index (χ2n) is 4.46. The van der Waals surface area contributed by atoms with Gasteiger partial charge in [0.2, 0.25) is 10.0 Å². The van der Waals surface area contributed by atoms with Gasteiger partial charge in [0.05, 0.1) is 16.7 Å². The molecule has 0 spiro atoms. The van der Waals surface area contributed by atoms with Crippen LogP contribution in [0.5, 0.6) is 0 Å². The van der Waals surface area contributed by atoms with E-state index in [0.717, 1.165) is 0 Å². The molecule has 0 fully saturated rings. The molecule has 1 rings (SSSR count). The molecule has 6 nitrogen and oxygen atoms in total. The van der Waals surface area contributed by atoms with Crippen molar-refractivity contribution >= 4 is 27.6 Å². The first-order chi connectivity index (χ1) is 9.72. The van der Waals surface area contributed by atoms with E-state index in [1.807, 2.05) is 6.07 Å². The Bertz CT molecular complexity index is 691. The first-order valence-electron chi connectivity index (χ1n) is 6.19. The number of hydrogen-bond donors (Lipinski definition) is 2. The normalized spacial score (nSPS) is 11.9. The number of nitrogens with one attached hydrogen (secondary N) is 1.